The molecule has 82 valence electrons. The molecule has 1 saturated carbocycles. The van der Waals surface area contributed by atoms with Crippen LogP contribution in [0.5, 0.6) is 0 Å². The van der Waals surface area contributed by atoms with Gasteiger partial charge in [-0.05, 0) is 32.2 Å². The van der Waals surface area contributed by atoms with Crippen LogP contribution in [0, 0.1) is 5.41 Å². The van der Waals surface area contributed by atoms with Gasteiger partial charge in [-0.15, -0.1) is 0 Å². The molecule has 1 unspecified atom stereocenters. The minimum Gasteiger partial charge on any atom is -0.313 e. The second-order valence-electron chi connectivity index (χ2n) is 4.51. The third-order valence-electron chi connectivity index (χ3n) is 3.79. The standard InChI is InChI=1S/C10H16F3N/c11-10(12,13)9(5-1-2-6-9)8-4-3-7-14-8/h8,14H,1-7H2. The maximum absolute atomic E-state index is 13.0. The largest absolute Gasteiger partial charge is 0.395 e. The van der Waals surface area contributed by atoms with Gasteiger partial charge in [0.1, 0.15) is 0 Å². The van der Waals surface area contributed by atoms with E-state index in [-0.39, 0.29) is 6.04 Å². The van der Waals surface area contributed by atoms with Crippen LogP contribution in [-0.2, 0) is 0 Å². The van der Waals surface area contributed by atoms with E-state index in [0.29, 0.717) is 19.3 Å². The summed E-state index contributed by atoms with van der Waals surface area (Å²) in [5, 5.41) is 3.03. The second-order valence-corrected chi connectivity index (χ2v) is 4.51. The highest BCUT2D eigenvalue weighted by Gasteiger charge is 2.60. The van der Waals surface area contributed by atoms with Crippen molar-refractivity contribution in [3.63, 3.8) is 0 Å². The van der Waals surface area contributed by atoms with Crippen LogP contribution in [0.4, 0.5) is 13.2 Å². The number of halogens is 3. The molecule has 0 aromatic heterocycles. The van der Waals surface area contributed by atoms with Crippen LogP contribution >= 0.6 is 0 Å². The van der Waals surface area contributed by atoms with Gasteiger partial charge in [0.05, 0.1) is 5.41 Å². The van der Waals surface area contributed by atoms with E-state index in [1.807, 2.05) is 0 Å². The van der Waals surface area contributed by atoms with Crippen LogP contribution in [-0.4, -0.2) is 18.8 Å². The molecule has 2 fully saturated rings. The first kappa shape index (κ1) is 10.3. The summed E-state index contributed by atoms with van der Waals surface area (Å²) >= 11 is 0. The Bertz CT molecular complexity index is 200. The highest BCUT2D eigenvalue weighted by molar-refractivity contribution is 5.01. The first-order valence-corrected chi connectivity index (χ1v) is 5.36. The SMILES string of the molecule is FC(F)(F)C1(C2CCCN2)CCCC1. The summed E-state index contributed by atoms with van der Waals surface area (Å²) in [5.41, 5.74) is -1.40. The molecular formula is C10H16F3N. The summed E-state index contributed by atoms with van der Waals surface area (Å²) in [4.78, 5) is 0. The van der Waals surface area contributed by atoms with Crippen molar-refractivity contribution >= 4 is 0 Å². The first-order chi connectivity index (χ1) is 6.56. The summed E-state index contributed by atoms with van der Waals surface area (Å²) < 4.78 is 39.1. The molecule has 1 saturated heterocycles. The molecule has 1 nitrogen and oxygen atoms in total. The molecule has 0 amide bonds. The molecule has 1 aliphatic carbocycles. The van der Waals surface area contributed by atoms with E-state index >= 15 is 0 Å². The van der Waals surface area contributed by atoms with Gasteiger partial charge in [-0.2, -0.15) is 13.2 Å². The van der Waals surface area contributed by atoms with Gasteiger partial charge < -0.3 is 5.32 Å². The summed E-state index contributed by atoms with van der Waals surface area (Å²) in [6.07, 6.45) is -0.314. The van der Waals surface area contributed by atoms with E-state index in [2.05, 4.69) is 5.32 Å². The minimum absolute atomic E-state index is 0.315. The number of alkyl halides is 3. The summed E-state index contributed by atoms with van der Waals surface area (Å²) in [6.45, 7) is 0.752. The van der Waals surface area contributed by atoms with Crippen molar-refractivity contribution in [1.82, 2.24) is 5.32 Å². The Kier molecular flexibility index (Phi) is 2.50. The zero-order valence-electron chi connectivity index (χ0n) is 8.16. The normalized spacial score (nSPS) is 32.4. The van der Waals surface area contributed by atoms with Crippen LogP contribution in [0.3, 0.4) is 0 Å². The Morgan fingerprint density at radius 1 is 1.07 bits per heavy atom. The van der Waals surface area contributed by atoms with Crippen LogP contribution in [0.2, 0.25) is 0 Å². The Morgan fingerprint density at radius 3 is 2.14 bits per heavy atom. The van der Waals surface area contributed by atoms with Crippen LogP contribution in [0.15, 0.2) is 0 Å². The fraction of sp³-hybridized carbons (Fsp3) is 1.00. The number of rotatable bonds is 1. The fourth-order valence-corrected chi connectivity index (χ4v) is 2.99. The Labute approximate surface area is 82.1 Å². The summed E-state index contributed by atoms with van der Waals surface area (Å²) in [5.74, 6) is 0. The van der Waals surface area contributed by atoms with E-state index in [1.54, 1.807) is 0 Å². The average molecular weight is 207 g/mol. The third-order valence-corrected chi connectivity index (χ3v) is 3.79. The molecule has 1 aliphatic heterocycles. The van der Waals surface area contributed by atoms with Crippen LogP contribution < -0.4 is 5.32 Å². The maximum atomic E-state index is 13.0. The van der Waals surface area contributed by atoms with Gasteiger partial charge in [0.15, 0.2) is 0 Å². The molecule has 0 aromatic carbocycles. The van der Waals surface area contributed by atoms with Crippen molar-refractivity contribution in [2.75, 3.05) is 6.54 Å². The molecule has 2 aliphatic rings. The Morgan fingerprint density at radius 2 is 1.71 bits per heavy atom. The number of hydrogen-bond acceptors (Lipinski definition) is 1. The van der Waals surface area contributed by atoms with E-state index in [0.717, 1.165) is 25.8 Å². The van der Waals surface area contributed by atoms with Crippen molar-refractivity contribution in [3.05, 3.63) is 0 Å². The Hall–Kier alpha value is -0.250. The van der Waals surface area contributed by atoms with Gasteiger partial charge in [-0.25, -0.2) is 0 Å². The first-order valence-electron chi connectivity index (χ1n) is 5.36. The lowest BCUT2D eigenvalue weighted by Gasteiger charge is -2.37. The Balaban J connectivity index is 2.21. The summed E-state index contributed by atoms with van der Waals surface area (Å²) in [6, 6.07) is -0.315. The van der Waals surface area contributed by atoms with Gasteiger partial charge in [-0.3, -0.25) is 0 Å². The van der Waals surface area contributed by atoms with Crippen molar-refractivity contribution in [2.45, 2.75) is 50.7 Å². The lowest BCUT2D eigenvalue weighted by atomic mass is 9.77. The van der Waals surface area contributed by atoms with Gasteiger partial charge in [-0.1, -0.05) is 12.8 Å². The zero-order valence-corrected chi connectivity index (χ0v) is 8.16. The third kappa shape index (κ3) is 1.44. The molecule has 14 heavy (non-hydrogen) atoms. The van der Waals surface area contributed by atoms with Crippen molar-refractivity contribution in [1.29, 1.82) is 0 Å². The molecule has 0 aromatic rings. The monoisotopic (exact) mass is 207 g/mol. The molecule has 0 bridgehead atoms. The lowest BCUT2D eigenvalue weighted by Crippen LogP contribution is -2.49. The molecular weight excluding hydrogens is 191 g/mol. The number of hydrogen-bond donors (Lipinski definition) is 1. The van der Waals surface area contributed by atoms with Gasteiger partial charge >= 0.3 is 6.18 Å². The quantitative estimate of drug-likeness (QED) is 0.697. The van der Waals surface area contributed by atoms with Gasteiger partial charge in [0.25, 0.3) is 0 Å². The zero-order chi connectivity index (χ0) is 10.2. The molecule has 0 spiro atoms. The predicted molar refractivity (Wildman–Crippen MR) is 48.0 cm³/mol. The average Bonchev–Trinajstić information content (AvgIpc) is 2.74. The maximum Gasteiger partial charge on any atom is 0.395 e. The van der Waals surface area contributed by atoms with Gasteiger partial charge in [0, 0.05) is 6.04 Å². The molecule has 0 radical (unpaired) electrons. The van der Waals surface area contributed by atoms with E-state index < -0.39 is 11.6 Å². The second kappa shape index (κ2) is 3.40. The van der Waals surface area contributed by atoms with E-state index in [9.17, 15) is 13.2 Å². The fourth-order valence-electron chi connectivity index (χ4n) is 2.99. The van der Waals surface area contributed by atoms with E-state index in [1.165, 1.54) is 0 Å². The van der Waals surface area contributed by atoms with E-state index in [4.69, 9.17) is 0 Å². The molecule has 4 heteroatoms. The minimum atomic E-state index is -4.02. The van der Waals surface area contributed by atoms with Crippen LogP contribution in [0.1, 0.15) is 38.5 Å². The summed E-state index contributed by atoms with van der Waals surface area (Å²) in [7, 11) is 0. The highest BCUT2D eigenvalue weighted by Crippen LogP contribution is 2.54. The molecule has 1 heterocycles. The van der Waals surface area contributed by atoms with Crippen molar-refractivity contribution in [2.24, 2.45) is 5.41 Å². The van der Waals surface area contributed by atoms with Crippen molar-refractivity contribution in [3.8, 4) is 0 Å². The molecule has 2 rings (SSSR count). The highest BCUT2D eigenvalue weighted by atomic mass is 19.4. The lowest BCUT2D eigenvalue weighted by molar-refractivity contribution is -0.231. The molecule has 1 N–H and O–H groups in total. The molecule has 1 atom stereocenters. The topological polar surface area (TPSA) is 12.0 Å². The van der Waals surface area contributed by atoms with Gasteiger partial charge in [0.2, 0.25) is 0 Å². The smallest absolute Gasteiger partial charge is 0.313 e. The predicted octanol–water partition coefficient (Wildman–Crippen LogP) is 2.86. The van der Waals surface area contributed by atoms with Crippen molar-refractivity contribution < 1.29 is 13.2 Å². The van der Waals surface area contributed by atoms with Crippen LogP contribution in [0.25, 0.3) is 0 Å². The number of nitrogens with one attached hydrogen (secondary N) is 1.